The first-order chi connectivity index (χ1) is 16.8. The number of aliphatic carboxylic acids is 1. The molecular weight excluding hydrogens is 444 g/mol. The van der Waals surface area contributed by atoms with Gasteiger partial charge in [0.2, 0.25) is 5.91 Å². The van der Waals surface area contributed by atoms with Crippen LogP contribution in [0.5, 0.6) is 0 Å². The zero-order chi connectivity index (χ0) is 24.9. The van der Waals surface area contributed by atoms with Crippen LogP contribution in [-0.4, -0.2) is 41.8 Å². The highest BCUT2D eigenvalue weighted by molar-refractivity contribution is 5.85. The van der Waals surface area contributed by atoms with E-state index in [-0.39, 0.29) is 36.3 Å². The molecule has 0 bridgehead atoms. The van der Waals surface area contributed by atoms with Crippen molar-refractivity contribution in [1.82, 2.24) is 10.6 Å². The molecule has 0 heterocycles. The summed E-state index contributed by atoms with van der Waals surface area (Å²) in [7, 11) is 0. The Kier molecular flexibility index (Phi) is 7.73. The van der Waals surface area contributed by atoms with Crippen molar-refractivity contribution in [2.75, 3.05) is 6.61 Å². The summed E-state index contributed by atoms with van der Waals surface area (Å²) in [6, 6.07) is 15.3. The predicted molar refractivity (Wildman–Crippen MR) is 133 cm³/mol. The maximum Gasteiger partial charge on any atom is 0.407 e. The lowest BCUT2D eigenvalue weighted by atomic mass is 9.85. The zero-order valence-corrected chi connectivity index (χ0v) is 20.3. The number of alkyl carbamates (subject to hydrolysis) is 1. The van der Waals surface area contributed by atoms with E-state index in [9.17, 15) is 19.5 Å². The molecule has 0 aromatic heterocycles. The van der Waals surface area contributed by atoms with Crippen LogP contribution in [0, 0.1) is 11.8 Å². The summed E-state index contributed by atoms with van der Waals surface area (Å²) in [5.41, 5.74) is 4.67. The van der Waals surface area contributed by atoms with Crippen molar-refractivity contribution in [2.24, 2.45) is 11.8 Å². The van der Waals surface area contributed by atoms with Crippen LogP contribution in [0.1, 0.15) is 63.0 Å². The third-order valence-corrected chi connectivity index (χ3v) is 7.03. The quantitative estimate of drug-likeness (QED) is 0.510. The molecule has 7 heteroatoms. The molecule has 2 aliphatic rings. The standard InChI is InChI=1S/C28H34N2O5/c1-17(2)14-25(27(32)33)30-26(31)18-8-7-9-19(15-18)29-28(34)35-16-24-22-12-5-3-10-20(22)21-11-4-6-13-23(21)24/h3-6,10-13,17-19,24-25H,7-9,14-16H2,1-2H3,(H,29,34)(H,30,31)(H,32,33)/t18-,19+,25-/m0/s1. The minimum Gasteiger partial charge on any atom is -0.480 e. The van der Waals surface area contributed by atoms with Crippen molar-refractivity contribution in [3.8, 4) is 11.1 Å². The molecule has 3 N–H and O–H groups in total. The molecule has 0 spiro atoms. The number of carbonyl (C=O) groups excluding carboxylic acids is 2. The topological polar surface area (TPSA) is 105 Å². The number of ether oxygens (including phenoxy) is 1. The highest BCUT2D eigenvalue weighted by atomic mass is 16.5. The molecule has 2 aromatic rings. The Morgan fingerprint density at radius 3 is 2.23 bits per heavy atom. The van der Waals surface area contributed by atoms with E-state index < -0.39 is 18.1 Å². The van der Waals surface area contributed by atoms with E-state index in [0.717, 1.165) is 24.0 Å². The van der Waals surface area contributed by atoms with E-state index in [1.165, 1.54) is 11.1 Å². The summed E-state index contributed by atoms with van der Waals surface area (Å²) in [6.45, 7) is 4.10. The van der Waals surface area contributed by atoms with E-state index >= 15 is 0 Å². The maximum absolute atomic E-state index is 12.7. The Morgan fingerprint density at radius 2 is 1.63 bits per heavy atom. The van der Waals surface area contributed by atoms with E-state index in [2.05, 4.69) is 34.9 Å². The highest BCUT2D eigenvalue weighted by Gasteiger charge is 2.32. The summed E-state index contributed by atoms with van der Waals surface area (Å²) in [5.74, 6) is -1.44. The molecule has 0 aliphatic heterocycles. The van der Waals surface area contributed by atoms with Crippen molar-refractivity contribution in [3.05, 3.63) is 59.7 Å². The molecule has 3 atom stereocenters. The molecule has 7 nitrogen and oxygen atoms in total. The average molecular weight is 479 g/mol. The molecule has 35 heavy (non-hydrogen) atoms. The Balaban J connectivity index is 1.31. The van der Waals surface area contributed by atoms with Gasteiger partial charge in [0.15, 0.2) is 0 Å². The summed E-state index contributed by atoms with van der Waals surface area (Å²) in [5, 5.41) is 15.0. The van der Waals surface area contributed by atoms with Crippen LogP contribution in [0.25, 0.3) is 11.1 Å². The molecule has 0 radical (unpaired) electrons. The average Bonchev–Trinajstić information content (AvgIpc) is 3.16. The number of nitrogens with one attached hydrogen (secondary N) is 2. The van der Waals surface area contributed by atoms with Gasteiger partial charge < -0.3 is 20.5 Å². The number of carboxylic acids is 1. The van der Waals surface area contributed by atoms with Gasteiger partial charge in [0.25, 0.3) is 0 Å². The fraction of sp³-hybridized carbons (Fsp3) is 0.464. The summed E-state index contributed by atoms with van der Waals surface area (Å²) in [4.78, 5) is 36.9. The Labute approximate surface area is 206 Å². The largest absolute Gasteiger partial charge is 0.480 e. The number of fused-ring (bicyclic) bond motifs is 3. The van der Waals surface area contributed by atoms with Gasteiger partial charge in [-0.3, -0.25) is 4.79 Å². The zero-order valence-electron chi connectivity index (χ0n) is 20.3. The number of hydrogen-bond donors (Lipinski definition) is 3. The SMILES string of the molecule is CC(C)C[C@H](NC(=O)[C@H]1CCC[C@@H](NC(=O)OCC2c3ccccc3-c3ccccc32)C1)C(=O)O. The first kappa shape index (κ1) is 24.8. The van der Waals surface area contributed by atoms with E-state index in [1.54, 1.807) is 0 Å². The first-order valence-corrected chi connectivity index (χ1v) is 12.5. The monoisotopic (exact) mass is 478 g/mol. The number of carboxylic acid groups (broad SMARTS) is 1. The molecule has 0 unspecified atom stereocenters. The second-order valence-corrected chi connectivity index (χ2v) is 10.1. The summed E-state index contributed by atoms with van der Waals surface area (Å²) in [6.07, 6.45) is 2.61. The summed E-state index contributed by atoms with van der Waals surface area (Å²) < 4.78 is 5.65. The summed E-state index contributed by atoms with van der Waals surface area (Å²) >= 11 is 0. The van der Waals surface area contributed by atoms with Gasteiger partial charge in [-0.1, -0.05) is 68.8 Å². The van der Waals surface area contributed by atoms with Crippen LogP contribution in [0.3, 0.4) is 0 Å². The van der Waals surface area contributed by atoms with Crippen LogP contribution in [0.15, 0.2) is 48.5 Å². The number of amides is 2. The molecule has 0 saturated heterocycles. The highest BCUT2D eigenvalue weighted by Crippen LogP contribution is 2.44. The minimum absolute atomic E-state index is 0.00746. The van der Waals surface area contributed by atoms with E-state index in [4.69, 9.17) is 4.74 Å². The predicted octanol–water partition coefficient (Wildman–Crippen LogP) is 4.70. The lowest BCUT2D eigenvalue weighted by Crippen LogP contribution is -2.47. The molecule has 186 valence electrons. The van der Waals surface area contributed by atoms with Crippen LogP contribution in [0.2, 0.25) is 0 Å². The Bertz CT molecular complexity index is 1040. The lowest BCUT2D eigenvalue weighted by Gasteiger charge is -2.30. The van der Waals surface area contributed by atoms with Crippen molar-refractivity contribution in [1.29, 1.82) is 0 Å². The van der Waals surface area contributed by atoms with Gasteiger partial charge in [0, 0.05) is 17.9 Å². The van der Waals surface area contributed by atoms with Gasteiger partial charge in [-0.05, 0) is 53.9 Å². The Hall–Kier alpha value is -3.35. The van der Waals surface area contributed by atoms with Gasteiger partial charge in [-0.15, -0.1) is 0 Å². The van der Waals surface area contributed by atoms with E-state index in [0.29, 0.717) is 19.3 Å². The van der Waals surface area contributed by atoms with Crippen molar-refractivity contribution in [2.45, 2.75) is 64.0 Å². The number of rotatable bonds is 8. The third kappa shape index (κ3) is 5.84. The van der Waals surface area contributed by atoms with Gasteiger partial charge >= 0.3 is 12.1 Å². The molecular formula is C28H34N2O5. The third-order valence-electron chi connectivity index (χ3n) is 7.03. The maximum atomic E-state index is 12.7. The van der Waals surface area contributed by atoms with Crippen LogP contribution in [-0.2, 0) is 14.3 Å². The van der Waals surface area contributed by atoms with Gasteiger partial charge in [-0.2, -0.15) is 0 Å². The first-order valence-electron chi connectivity index (χ1n) is 12.5. The molecule has 4 rings (SSSR count). The fourth-order valence-electron chi connectivity index (χ4n) is 5.35. The van der Waals surface area contributed by atoms with Gasteiger partial charge in [0.05, 0.1) is 0 Å². The molecule has 1 saturated carbocycles. The fourth-order valence-corrected chi connectivity index (χ4v) is 5.35. The van der Waals surface area contributed by atoms with Crippen LogP contribution >= 0.6 is 0 Å². The second-order valence-electron chi connectivity index (χ2n) is 10.1. The van der Waals surface area contributed by atoms with Crippen molar-refractivity contribution < 1.29 is 24.2 Å². The molecule has 2 aromatic carbocycles. The van der Waals surface area contributed by atoms with Gasteiger partial charge in [0.1, 0.15) is 12.6 Å². The number of hydrogen-bond acceptors (Lipinski definition) is 4. The Morgan fingerprint density at radius 1 is 1.00 bits per heavy atom. The van der Waals surface area contributed by atoms with Crippen molar-refractivity contribution >= 4 is 18.0 Å². The van der Waals surface area contributed by atoms with Crippen molar-refractivity contribution in [3.63, 3.8) is 0 Å². The molecule has 2 aliphatic carbocycles. The normalized spacial score (nSPS) is 20.0. The number of benzene rings is 2. The molecule has 2 amide bonds. The molecule has 1 fully saturated rings. The van der Waals surface area contributed by atoms with Crippen LogP contribution < -0.4 is 10.6 Å². The van der Waals surface area contributed by atoms with Gasteiger partial charge in [-0.25, -0.2) is 9.59 Å². The lowest BCUT2D eigenvalue weighted by molar-refractivity contribution is -0.143. The minimum atomic E-state index is -1.02. The van der Waals surface area contributed by atoms with E-state index in [1.807, 2.05) is 38.1 Å². The smallest absolute Gasteiger partial charge is 0.407 e. The van der Waals surface area contributed by atoms with Crippen LogP contribution in [0.4, 0.5) is 4.79 Å². The number of carbonyl (C=O) groups is 3. The second kappa shape index (κ2) is 10.9.